The molecule has 3 nitrogen and oxygen atoms in total. The lowest BCUT2D eigenvalue weighted by Crippen LogP contribution is -2.04. The van der Waals surface area contributed by atoms with Gasteiger partial charge in [0.15, 0.2) is 5.76 Å². The quantitative estimate of drug-likeness (QED) is 0.494. The molecule has 0 unspecified atom stereocenters. The number of ether oxygens (including phenoxy) is 1. The molecular formula is C22H15F3O3. The van der Waals surface area contributed by atoms with Crippen molar-refractivity contribution in [1.29, 1.82) is 0 Å². The molecule has 1 aliphatic heterocycles. The minimum absolute atomic E-state index is 0.116. The van der Waals surface area contributed by atoms with Crippen LogP contribution in [0.15, 0.2) is 58.7 Å². The van der Waals surface area contributed by atoms with Crippen molar-refractivity contribution in [3.63, 3.8) is 0 Å². The highest BCUT2D eigenvalue weighted by Crippen LogP contribution is 2.35. The van der Waals surface area contributed by atoms with Crippen LogP contribution in [-0.2, 0) is 6.18 Å². The molecule has 0 bridgehead atoms. The number of halogens is 3. The second kappa shape index (κ2) is 6.41. The van der Waals surface area contributed by atoms with Crippen LogP contribution in [0.4, 0.5) is 13.2 Å². The van der Waals surface area contributed by atoms with Crippen LogP contribution in [0.3, 0.4) is 0 Å². The molecule has 142 valence electrons. The number of ketones is 1. The summed E-state index contributed by atoms with van der Waals surface area (Å²) in [5, 5.41) is 0. The Morgan fingerprint density at radius 1 is 0.964 bits per heavy atom. The zero-order chi connectivity index (χ0) is 20.1. The second-order valence-electron chi connectivity index (χ2n) is 6.65. The number of rotatable bonds is 2. The molecule has 0 amide bonds. The summed E-state index contributed by atoms with van der Waals surface area (Å²) in [6.07, 6.45) is -2.98. The Morgan fingerprint density at radius 2 is 1.71 bits per heavy atom. The van der Waals surface area contributed by atoms with E-state index < -0.39 is 11.7 Å². The molecule has 6 heteroatoms. The summed E-state index contributed by atoms with van der Waals surface area (Å²) >= 11 is 0. The number of hydrogen-bond donors (Lipinski definition) is 0. The Bertz CT molecular complexity index is 1120. The first-order chi connectivity index (χ1) is 13.2. The lowest BCUT2D eigenvalue weighted by atomic mass is 10.0. The molecule has 0 N–H and O–H groups in total. The number of allylic oxidation sites excluding steroid dienone is 1. The molecule has 1 aliphatic rings. The van der Waals surface area contributed by atoms with Crippen LogP contribution >= 0.6 is 0 Å². The van der Waals surface area contributed by atoms with Gasteiger partial charge in [-0.15, -0.1) is 0 Å². The van der Waals surface area contributed by atoms with E-state index in [2.05, 4.69) is 0 Å². The van der Waals surface area contributed by atoms with Gasteiger partial charge in [0.05, 0.1) is 11.1 Å². The van der Waals surface area contributed by atoms with Gasteiger partial charge in [-0.05, 0) is 61.4 Å². The third-order valence-corrected chi connectivity index (χ3v) is 4.66. The summed E-state index contributed by atoms with van der Waals surface area (Å²) < 4.78 is 49.9. The highest BCUT2D eigenvalue weighted by atomic mass is 19.4. The largest absolute Gasteiger partial charge is 0.457 e. The molecule has 28 heavy (non-hydrogen) atoms. The molecule has 2 aromatic carbocycles. The number of carbonyl (C=O) groups is 1. The molecule has 0 aliphatic carbocycles. The molecular weight excluding hydrogens is 369 g/mol. The third kappa shape index (κ3) is 3.22. The maximum atomic E-state index is 12.9. The van der Waals surface area contributed by atoms with E-state index in [0.29, 0.717) is 22.6 Å². The monoisotopic (exact) mass is 384 g/mol. The third-order valence-electron chi connectivity index (χ3n) is 4.66. The Balaban J connectivity index is 1.63. The summed E-state index contributed by atoms with van der Waals surface area (Å²) in [5.74, 6) is 0.939. The molecule has 0 atom stereocenters. The summed E-state index contributed by atoms with van der Waals surface area (Å²) in [6.45, 7) is 3.84. The minimum Gasteiger partial charge on any atom is -0.457 e. The summed E-state index contributed by atoms with van der Waals surface area (Å²) in [4.78, 5) is 12.5. The van der Waals surface area contributed by atoms with Gasteiger partial charge in [0.2, 0.25) is 5.78 Å². The maximum Gasteiger partial charge on any atom is 0.416 e. The van der Waals surface area contributed by atoms with Gasteiger partial charge in [0.25, 0.3) is 0 Å². The number of carbonyl (C=O) groups excluding carboxylic acids is 1. The van der Waals surface area contributed by atoms with Crippen LogP contribution in [0.2, 0.25) is 0 Å². The minimum atomic E-state index is -4.43. The predicted molar refractivity (Wildman–Crippen MR) is 98.0 cm³/mol. The van der Waals surface area contributed by atoms with Crippen LogP contribution in [0, 0.1) is 13.8 Å². The summed E-state index contributed by atoms with van der Waals surface area (Å²) in [5.41, 5.74) is 2.03. The predicted octanol–water partition coefficient (Wildman–Crippen LogP) is 6.20. The fourth-order valence-corrected chi connectivity index (χ4v) is 3.01. The van der Waals surface area contributed by atoms with Crippen molar-refractivity contribution in [3.8, 4) is 17.1 Å². The normalized spacial score (nSPS) is 15.0. The van der Waals surface area contributed by atoms with Crippen LogP contribution < -0.4 is 4.74 Å². The zero-order valence-electron chi connectivity index (χ0n) is 15.1. The van der Waals surface area contributed by atoms with E-state index in [1.54, 1.807) is 24.3 Å². The van der Waals surface area contributed by atoms with E-state index in [-0.39, 0.29) is 17.3 Å². The van der Waals surface area contributed by atoms with Crippen molar-refractivity contribution in [2.45, 2.75) is 20.0 Å². The van der Waals surface area contributed by atoms with Crippen LogP contribution in [-0.4, -0.2) is 5.78 Å². The van der Waals surface area contributed by atoms with Crippen molar-refractivity contribution in [2.24, 2.45) is 0 Å². The van der Waals surface area contributed by atoms with Crippen molar-refractivity contribution in [3.05, 3.63) is 82.3 Å². The second-order valence-corrected chi connectivity index (χ2v) is 6.65. The number of hydrogen-bond acceptors (Lipinski definition) is 3. The van der Waals surface area contributed by atoms with Gasteiger partial charge in [-0.25, -0.2) is 0 Å². The fraction of sp³-hybridized carbons (Fsp3) is 0.136. The number of furan rings is 1. The van der Waals surface area contributed by atoms with Gasteiger partial charge in [0, 0.05) is 11.6 Å². The topological polar surface area (TPSA) is 39.4 Å². The van der Waals surface area contributed by atoms with E-state index in [9.17, 15) is 18.0 Å². The van der Waals surface area contributed by atoms with Gasteiger partial charge in [-0.1, -0.05) is 12.1 Å². The number of fused-ring (bicyclic) bond motifs is 1. The van der Waals surface area contributed by atoms with Gasteiger partial charge in [0.1, 0.15) is 17.3 Å². The van der Waals surface area contributed by atoms with Gasteiger partial charge in [-0.3, -0.25) is 4.79 Å². The Kier molecular flexibility index (Phi) is 4.14. The maximum absolute atomic E-state index is 12.9. The first-order valence-electron chi connectivity index (χ1n) is 8.55. The fourth-order valence-electron chi connectivity index (χ4n) is 3.01. The molecule has 0 radical (unpaired) electrons. The molecule has 3 aromatic rings. The van der Waals surface area contributed by atoms with Crippen LogP contribution in [0.1, 0.15) is 32.8 Å². The number of aryl methyl sites for hydroxylation is 2. The van der Waals surface area contributed by atoms with Gasteiger partial charge < -0.3 is 9.15 Å². The van der Waals surface area contributed by atoms with Crippen LogP contribution in [0.25, 0.3) is 17.4 Å². The molecule has 0 spiro atoms. The lowest BCUT2D eigenvalue weighted by molar-refractivity contribution is -0.137. The Labute approximate surface area is 159 Å². The average Bonchev–Trinajstić information content (AvgIpc) is 3.22. The summed E-state index contributed by atoms with van der Waals surface area (Å²) in [6, 6.07) is 11.6. The summed E-state index contributed by atoms with van der Waals surface area (Å²) in [7, 11) is 0. The van der Waals surface area contributed by atoms with E-state index in [0.717, 1.165) is 23.3 Å². The lowest BCUT2D eigenvalue weighted by Gasteiger charge is -2.07. The average molecular weight is 384 g/mol. The van der Waals surface area contributed by atoms with E-state index in [1.165, 1.54) is 18.2 Å². The Morgan fingerprint density at radius 3 is 2.46 bits per heavy atom. The van der Waals surface area contributed by atoms with Gasteiger partial charge >= 0.3 is 6.18 Å². The van der Waals surface area contributed by atoms with Gasteiger partial charge in [-0.2, -0.15) is 13.2 Å². The van der Waals surface area contributed by atoms with Crippen LogP contribution in [0.5, 0.6) is 5.75 Å². The first-order valence-corrected chi connectivity index (χ1v) is 8.55. The zero-order valence-corrected chi connectivity index (χ0v) is 15.1. The molecule has 0 saturated carbocycles. The number of Topliss-reactive ketones (excluding diaryl/α,β-unsaturated/α-hetero) is 1. The molecule has 0 fully saturated rings. The molecule has 0 saturated heterocycles. The molecule has 2 heterocycles. The molecule has 4 rings (SSSR count). The standard InChI is InChI=1S/C22H15F3O3/c1-12-8-17-19(9-13(12)2)28-20(21(17)26)11-16-6-7-18(27-16)14-4-3-5-15(10-14)22(23,24)25/h3-11H,1-2H3. The van der Waals surface area contributed by atoms with Crippen molar-refractivity contribution in [1.82, 2.24) is 0 Å². The van der Waals surface area contributed by atoms with E-state index in [1.807, 2.05) is 13.8 Å². The molecule has 1 aromatic heterocycles. The van der Waals surface area contributed by atoms with E-state index >= 15 is 0 Å². The van der Waals surface area contributed by atoms with Crippen molar-refractivity contribution in [2.75, 3.05) is 0 Å². The highest BCUT2D eigenvalue weighted by molar-refractivity contribution is 6.14. The first kappa shape index (κ1) is 18.1. The van der Waals surface area contributed by atoms with Crippen molar-refractivity contribution >= 4 is 11.9 Å². The highest BCUT2D eigenvalue weighted by Gasteiger charge is 2.31. The van der Waals surface area contributed by atoms with Crippen molar-refractivity contribution < 1.29 is 27.1 Å². The number of benzene rings is 2. The smallest absolute Gasteiger partial charge is 0.416 e. The number of alkyl halides is 3. The SMILES string of the molecule is Cc1cc2c(cc1C)C(=O)C(=Cc1ccc(-c3cccc(C(F)(F)F)c3)o1)O2. The van der Waals surface area contributed by atoms with E-state index in [4.69, 9.17) is 9.15 Å². The Hall–Kier alpha value is -3.28.